The Morgan fingerprint density at radius 3 is 1.87 bits per heavy atom. The van der Waals surface area contributed by atoms with Gasteiger partial charge in [-0.15, -0.1) is 0 Å². The second kappa shape index (κ2) is 8.52. The van der Waals surface area contributed by atoms with Gasteiger partial charge < -0.3 is 5.32 Å². The highest BCUT2D eigenvalue weighted by atomic mass is 19.1. The third-order valence-corrected chi connectivity index (χ3v) is 5.19. The number of imide groups is 1. The molecule has 1 aliphatic heterocycles. The third kappa shape index (κ3) is 4.23. The van der Waals surface area contributed by atoms with Gasteiger partial charge in [0, 0.05) is 5.69 Å². The van der Waals surface area contributed by atoms with Crippen molar-refractivity contribution in [2.75, 3.05) is 5.32 Å². The molecule has 1 N–H and O–H groups in total. The standard InChI is InChI=1S/C25H20F2N2O2/c1-2-16-5-13-21(14-6-16)28-23-22(18-7-11-20(27)12-8-18)24(30)29(25(23)31)15-17-3-9-19(26)10-4-17/h3-14,28H,2,15H2,1H3. The van der Waals surface area contributed by atoms with Gasteiger partial charge in [-0.1, -0.05) is 43.3 Å². The quantitative estimate of drug-likeness (QED) is 0.578. The number of hydrogen-bond donors (Lipinski definition) is 1. The Kier molecular flexibility index (Phi) is 5.62. The van der Waals surface area contributed by atoms with E-state index in [1.807, 2.05) is 31.2 Å². The van der Waals surface area contributed by atoms with Crippen molar-refractivity contribution in [2.45, 2.75) is 19.9 Å². The molecule has 4 nitrogen and oxygen atoms in total. The zero-order chi connectivity index (χ0) is 22.0. The topological polar surface area (TPSA) is 49.4 Å². The number of halogens is 2. The van der Waals surface area contributed by atoms with Crippen LogP contribution in [0.2, 0.25) is 0 Å². The number of amides is 2. The Morgan fingerprint density at radius 2 is 1.29 bits per heavy atom. The van der Waals surface area contributed by atoms with E-state index in [0.29, 0.717) is 16.8 Å². The first-order valence-electron chi connectivity index (χ1n) is 9.93. The molecule has 156 valence electrons. The van der Waals surface area contributed by atoms with Crippen LogP contribution in [-0.4, -0.2) is 16.7 Å². The highest BCUT2D eigenvalue weighted by Gasteiger charge is 2.39. The van der Waals surface area contributed by atoms with Gasteiger partial charge in [-0.25, -0.2) is 8.78 Å². The van der Waals surface area contributed by atoms with Crippen LogP contribution in [0.15, 0.2) is 78.5 Å². The predicted octanol–water partition coefficient (Wildman–Crippen LogP) is 4.92. The summed E-state index contributed by atoms with van der Waals surface area (Å²) in [5, 5.41) is 3.07. The van der Waals surface area contributed by atoms with Crippen molar-refractivity contribution in [2.24, 2.45) is 0 Å². The van der Waals surface area contributed by atoms with Crippen LogP contribution in [0.4, 0.5) is 14.5 Å². The molecule has 0 saturated carbocycles. The van der Waals surface area contributed by atoms with Crippen molar-refractivity contribution in [1.29, 1.82) is 0 Å². The van der Waals surface area contributed by atoms with E-state index in [2.05, 4.69) is 5.32 Å². The number of nitrogens with one attached hydrogen (secondary N) is 1. The first-order valence-corrected chi connectivity index (χ1v) is 9.93. The highest BCUT2D eigenvalue weighted by Crippen LogP contribution is 2.31. The summed E-state index contributed by atoms with van der Waals surface area (Å²) in [5.41, 5.74) is 3.17. The molecular weight excluding hydrogens is 398 g/mol. The summed E-state index contributed by atoms with van der Waals surface area (Å²) in [7, 11) is 0. The zero-order valence-electron chi connectivity index (χ0n) is 16.9. The molecule has 3 aromatic rings. The molecule has 0 saturated heterocycles. The molecular formula is C25H20F2N2O2. The van der Waals surface area contributed by atoms with Crippen molar-refractivity contribution in [1.82, 2.24) is 4.90 Å². The van der Waals surface area contributed by atoms with Gasteiger partial charge in [0.15, 0.2) is 0 Å². The average Bonchev–Trinajstić information content (AvgIpc) is 3.00. The SMILES string of the molecule is CCc1ccc(NC2=C(c3ccc(F)cc3)C(=O)N(Cc3ccc(F)cc3)C2=O)cc1. The molecule has 0 aliphatic carbocycles. The van der Waals surface area contributed by atoms with Crippen LogP contribution >= 0.6 is 0 Å². The predicted molar refractivity (Wildman–Crippen MR) is 115 cm³/mol. The van der Waals surface area contributed by atoms with Crippen LogP contribution in [0.3, 0.4) is 0 Å². The molecule has 4 rings (SSSR count). The lowest BCUT2D eigenvalue weighted by Crippen LogP contribution is -2.32. The minimum atomic E-state index is -0.492. The summed E-state index contributed by atoms with van der Waals surface area (Å²) < 4.78 is 26.7. The monoisotopic (exact) mass is 418 g/mol. The lowest BCUT2D eigenvalue weighted by atomic mass is 10.0. The van der Waals surface area contributed by atoms with Crippen LogP contribution in [0.25, 0.3) is 5.57 Å². The first-order chi connectivity index (χ1) is 15.0. The van der Waals surface area contributed by atoms with Crippen LogP contribution in [0.1, 0.15) is 23.6 Å². The van der Waals surface area contributed by atoms with Gasteiger partial charge in [0.2, 0.25) is 0 Å². The average molecular weight is 418 g/mol. The summed E-state index contributed by atoms with van der Waals surface area (Å²) in [6, 6.07) is 18.6. The number of rotatable bonds is 6. The molecule has 0 atom stereocenters. The summed E-state index contributed by atoms with van der Waals surface area (Å²) in [6.07, 6.45) is 0.882. The van der Waals surface area contributed by atoms with E-state index in [1.165, 1.54) is 48.5 Å². The maximum Gasteiger partial charge on any atom is 0.278 e. The molecule has 0 bridgehead atoms. The van der Waals surface area contributed by atoms with Gasteiger partial charge in [0.25, 0.3) is 11.8 Å². The van der Waals surface area contributed by atoms with Gasteiger partial charge in [0.1, 0.15) is 17.3 Å². The van der Waals surface area contributed by atoms with Gasteiger partial charge in [-0.3, -0.25) is 14.5 Å². The molecule has 31 heavy (non-hydrogen) atoms. The zero-order valence-corrected chi connectivity index (χ0v) is 16.9. The number of nitrogens with zero attached hydrogens (tertiary/aromatic N) is 1. The Hall–Kier alpha value is -3.80. The van der Waals surface area contributed by atoms with Crippen molar-refractivity contribution >= 4 is 23.1 Å². The molecule has 6 heteroatoms. The van der Waals surface area contributed by atoms with E-state index >= 15 is 0 Å². The van der Waals surface area contributed by atoms with E-state index in [1.54, 1.807) is 0 Å². The smallest absolute Gasteiger partial charge is 0.278 e. The van der Waals surface area contributed by atoms with Gasteiger partial charge in [-0.2, -0.15) is 0 Å². The van der Waals surface area contributed by atoms with E-state index in [-0.39, 0.29) is 17.8 Å². The molecule has 1 heterocycles. The van der Waals surface area contributed by atoms with Crippen LogP contribution in [-0.2, 0) is 22.6 Å². The van der Waals surface area contributed by atoms with Gasteiger partial charge >= 0.3 is 0 Å². The summed E-state index contributed by atoms with van der Waals surface area (Å²) in [5.74, 6) is -1.82. The Morgan fingerprint density at radius 1 is 0.742 bits per heavy atom. The van der Waals surface area contributed by atoms with Crippen molar-refractivity contribution in [3.05, 3.63) is 107 Å². The summed E-state index contributed by atoms with van der Waals surface area (Å²) >= 11 is 0. The Labute approximate surface area is 178 Å². The van der Waals surface area contributed by atoms with Gasteiger partial charge in [0.05, 0.1) is 12.1 Å². The first kappa shape index (κ1) is 20.5. The maximum absolute atomic E-state index is 13.4. The number of carbonyl (C=O) groups is 2. The number of hydrogen-bond acceptors (Lipinski definition) is 3. The van der Waals surface area contributed by atoms with Crippen LogP contribution in [0, 0.1) is 11.6 Å². The maximum atomic E-state index is 13.4. The summed E-state index contributed by atoms with van der Waals surface area (Å²) in [6.45, 7) is 2.05. The second-order valence-corrected chi connectivity index (χ2v) is 7.26. The normalized spacial score (nSPS) is 13.8. The molecule has 0 aromatic heterocycles. The number of benzene rings is 3. The van der Waals surface area contributed by atoms with Crippen molar-refractivity contribution < 1.29 is 18.4 Å². The second-order valence-electron chi connectivity index (χ2n) is 7.26. The molecule has 0 radical (unpaired) electrons. The largest absolute Gasteiger partial charge is 0.350 e. The van der Waals surface area contributed by atoms with E-state index in [4.69, 9.17) is 0 Å². The van der Waals surface area contributed by atoms with Crippen molar-refractivity contribution in [3.8, 4) is 0 Å². The fourth-order valence-electron chi connectivity index (χ4n) is 3.46. The fraction of sp³-hybridized carbons (Fsp3) is 0.120. The Balaban J connectivity index is 1.71. The molecule has 0 fully saturated rings. The number of anilines is 1. The van der Waals surface area contributed by atoms with E-state index in [0.717, 1.165) is 16.9 Å². The number of aryl methyl sites for hydroxylation is 1. The van der Waals surface area contributed by atoms with Gasteiger partial charge in [-0.05, 0) is 59.5 Å². The molecule has 0 spiro atoms. The molecule has 2 amide bonds. The van der Waals surface area contributed by atoms with E-state index in [9.17, 15) is 18.4 Å². The lowest BCUT2D eigenvalue weighted by molar-refractivity contribution is -0.137. The summed E-state index contributed by atoms with van der Waals surface area (Å²) in [4.78, 5) is 27.5. The van der Waals surface area contributed by atoms with Crippen molar-refractivity contribution in [3.63, 3.8) is 0 Å². The fourth-order valence-corrected chi connectivity index (χ4v) is 3.46. The Bertz CT molecular complexity index is 1150. The lowest BCUT2D eigenvalue weighted by Gasteiger charge is -2.15. The molecule has 0 unspecified atom stereocenters. The minimum absolute atomic E-state index is 0.00257. The minimum Gasteiger partial charge on any atom is -0.350 e. The number of carbonyl (C=O) groups excluding carboxylic acids is 2. The third-order valence-electron chi connectivity index (χ3n) is 5.19. The highest BCUT2D eigenvalue weighted by molar-refractivity contribution is 6.36. The molecule has 1 aliphatic rings. The van der Waals surface area contributed by atoms with E-state index < -0.39 is 23.4 Å². The molecule has 3 aromatic carbocycles. The van der Waals surface area contributed by atoms with Crippen LogP contribution < -0.4 is 5.32 Å². The van der Waals surface area contributed by atoms with Crippen LogP contribution in [0.5, 0.6) is 0 Å².